The Labute approximate surface area is 142 Å². The topological polar surface area (TPSA) is 43.2 Å². The number of hydrogen-bond donors (Lipinski definition) is 0. The molecule has 5 nitrogen and oxygen atoms in total. The zero-order valence-corrected chi connectivity index (χ0v) is 14.2. The molecule has 0 spiro atoms. The van der Waals surface area contributed by atoms with Crippen LogP contribution in [0.25, 0.3) is 5.69 Å². The first-order chi connectivity index (χ1) is 11.2. The van der Waals surface area contributed by atoms with Gasteiger partial charge in [0.15, 0.2) is 0 Å². The molecule has 124 valence electrons. The van der Waals surface area contributed by atoms with Crippen molar-refractivity contribution in [1.82, 2.24) is 19.9 Å². The predicted octanol–water partition coefficient (Wildman–Crippen LogP) is 3.17. The van der Waals surface area contributed by atoms with E-state index in [2.05, 4.69) is 15.2 Å². The molecule has 1 saturated heterocycles. The predicted molar refractivity (Wildman–Crippen MR) is 90.9 cm³/mol. The van der Waals surface area contributed by atoms with E-state index in [1.54, 1.807) is 11.8 Å². The van der Waals surface area contributed by atoms with Crippen molar-refractivity contribution < 1.29 is 4.74 Å². The lowest BCUT2D eigenvalue weighted by Gasteiger charge is -2.22. The third-order valence-electron chi connectivity index (χ3n) is 4.27. The Bertz CT molecular complexity index is 613. The van der Waals surface area contributed by atoms with Gasteiger partial charge in [-0.2, -0.15) is 0 Å². The van der Waals surface area contributed by atoms with Gasteiger partial charge in [-0.05, 0) is 49.6 Å². The van der Waals surface area contributed by atoms with Crippen LogP contribution in [-0.2, 0) is 11.3 Å². The zero-order valence-electron chi connectivity index (χ0n) is 13.5. The molecule has 1 fully saturated rings. The number of ether oxygens (including phenoxy) is 1. The van der Waals surface area contributed by atoms with Crippen molar-refractivity contribution in [3.8, 4) is 5.69 Å². The average molecular weight is 335 g/mol. The fourth-order valence-corrected chi connectivity index (χ4v) is 3.28. The molecule has 0 radical (unpaired) electrons. The van der Waals surface area contributed by atoms with Gasteiger partial charge in [-0.1, -0.05) is 23.2 Å². The maximum Gasteiger partial charge on any atom is 0.0971 e. The summed E-state index contributed by atoms with van der Waals surface area (Å²) in [6.45, 7) is 3.87. The molecule has 1 aliphatic heterocycles. The molecule has 1 aromatic carbocycles. The van der Waals surface area contributed by atoms with Gasteiger partial charge in [-0.15, -0.1) is 5.10 Å². The van der Waals surface area contributed by atoms with Crippen LogP contribution in [0.2, 0.25) is 5.02 Å². The molecule has 1 unspecified atom stereocenters. The van der Waals surface area contributed by atoms with E-state index in [-0.39, 0.29) is 0 Å². The van der Waals surface area contributed by atoms with Crippen LogP contribution in [0.5, 0.6) is 0 Å². The molecule has 0 aliphatic carbocycles. The Hall–Kier alpha value is -1.43. The van der Waals surface area contributed by atoms with E-state index in [0.717, 1.165) is 42.6 Å². The van der Waals surface area contributed by atoms with Gasteiger partial charge in [0.1, 0.15) is 0 Å². The Morgan fingerprint density at radius 3 is 2.87 bits per heavy atom. The summed E-state index contributed by atoms with van der Waals surface area (Å²) in [5.41, 5.74) is 1.97. The second-order valence-electron chi connectivity index (χ2n) is 6.18. The van der Waals surface area contributed by atoms with Crippen molar-refractivity contribution in [2.24, 2.45) is 5.92 Å². The van der Waals surface area contributed by atoms with Crippen LogP contribution < -0.4 is 0 Å². The van der Waals surface area contributed by atoms with Crippen LogP contribution >= 0.6 is 11.6 Å². The number of benzene rings is 1. The molecule has 0 saturated carbocycles. The van der Waals surface area contributed by atoms with Gasteiger partial charge in [0, 0.05) is 25.2 Å². The van der Waals surface area contributed by atoms with Gasteiger partial charge in [-0.3, -0.25) is 4.90 Å². The van der Waals surface area contributed by atoms with Crippen molar-refractivity contribution >= 4 is 11.6 Å². The minimum absolute atomic E-state index is 0.619. The SMILES string of the molecule is COCC1CCCCN(Cc2cn(-c3ccc(Cl)cc3)nn2)C1. The van der Waals surface area contributed by atoms with E-state index < -0.39 is 0 Å². The molecule has 6 heteroatoms. The summed E-state index contributed by atoms with van der Waals surface area (Å²) in [6, 6.07) is 7.62. The van der Waals surface area contributed by atoms with Crippen LogP contribution in [-0.4, -0.2) is 46.7 Å². The quantitative estimate of drug-likeness (QED) is 0.842. The molecule has 1 aliphatic rings. The molecule has 2 aromatic rings. The summed E-state index contributed by atoms with van der Waals surface area (Å²) >= 11 is 5.93. The number of aromatic nitrogens is 3. The van der Waals surface area contributed by atoms with Crippen LogP contribution in [0.3, 0.4) is 0 Å². The minimum atomic E-state index is 0.619. The fraction of sp³-hybridized carbons (Fsp3) is 0.529. The van der Waals surface area contributed by atoms with E-state index in [0.29, 0.717) is 5.92 Å². The molecule has 1 atom stereocenters. The summed E-state index contributed by atoms with van der Waals surface area (Å²) in [6.07, 6.45) is 5.77. The maximum atomic E-state index is 5.93. The molecule has 0 N–H and O–H groups in total. The molecule has 0 bridgehead atoms. The lowest BCUT2D eigenvalue weighted by atomic mass is 10.0. The van der Waals surface area contributed by atoms with E-state index in [4.69, 9.17) is 16.3 Å². The zero-order chi connectivity index (χ0) is 16.1. The van der Waals surface area contributed by atoms with Gasteiger partial charge in [0.2, 0.25) is 0 Å². The van der Waals surface area contributed by atoms with Crippen molar-refractivity contribution in [1.29, 1.82) is 0 Å². The van der Waals surface area contributed by atoms with Crippen LogP contribution in [0, 0.1) is 5.92 Å². The van der Waals surface area contributed by atoms with E-state index >= 15 is 0 Å². The van der Waals surface area contributed by atoms with Gasteiger partial charge in [-0.25, -0.2) is 4.68 Å². The number of likely N-dealkylation sites (tertiary alicyclic amines) is 1. The first kappa shape index (κ1) is 16.4. The molecule has 2 heterocycles. The number of nitrogens with zero attached hydrogens (tertiary/aromatic N) is 4. The Morgan fingerprint density at radius 1 is 1.26 bits per heavy atom. The first-order valence-corrected chi connectivity index (χ1v) is 8.51. The number of halogens is 1. The monoisotopic (exact) mass is 334 g/mol. The van der Waals surface area contributed by atoms with Crippen molar-refractivity contribution in [2.45, 2.75) is 25.8 Å². The van der Waals surface area contributed by atoms with Crippen LogP contribution in [0.4, 0.5) is 0 Å². The van der Waals surface area contributed by atoms with Crippen molar-refractivity contribution in [2.75, 3.05) is 26.8 Å². The fourth-order valence-electron chi connectivity index (χ4n) is 3.15. The van der Waals surface area contributed by atoms with Gasteiger partial charge in [0.05, 0.1) is 24.2 Å². The lowest BCUT2D eigenvalue weighted by molar-refractivity contribution is 0.123. The molecular weight excluding hydrogens is 312 g/mol. The molecule has 3 rings (SSSR count). The van der Waals surface area contributed by atoms with E-state index in [9.17, 15) is 0 Å². The molecule has 23 heavy (non-hydrogen) atoms. The van der Waals surface area contributed by atoms with Gasteiger partial charge >= 0.3 is 0 Å². The number of hydrogen-bond acceptors (Lipinski definition) is 4. The largest absolute Gasteiger partial charge is 0.384 e. The summed E-state index contributed by atoms with van der Waals surface area (Å²) in [4.78, 5) is 2.47. The van der Waals surface area contributed by atoms with Gasteiger partial charge in [0.25, 0.3) is 0 Å². The molecular formula is C17H23ClN4O. The molecule has 0 amide bonds. The standard InChI is InChI=1S/C17H23ClN4O/c1-23-13-14-4-2-3-9-21(10-14)11-16-12-22(20-19-16)17-7-5-15(18)6-8-17/h5-8,12,14H,2-4,9-11,13H2,1H3. The lowest BCUT2D eigenvalue weighted by Crippen LogP contribution is -2.29. The third-order valence-corrected chi connectivity index (χ3v) is 4.53. The summed E-state index contributed by atoms with van der Waals surface area (Å²) in [7, 11) is 1.78. The number of rotatable bonds is 5. The third kappa shape index (κ3) is 4.53. The second kappa shape index (κ2) is 7.90. The Balaban J connectivity index is 1.64. The first-order valence-electron chi connectivity index (χ1n) is 8.13. The highest BCUT2D eigenvalue weighted by Crippen LogP contribution is 2.19. The average Bonchev–Trinajstić information content (AvgIpc) is 2.89. The summed E-state index contributed by atoms with van der Waals surface area (Å²) in [5, 5.41) is 9.28. The van der Waals surface area contributed by atoms with Crippen LogP contribution in [0.15, 0.2) is 30.5 Å². The van der Waals surface area contributed by atoms with Gasteiger partial charge < -0.3 is 4.74 Å². The van der Waals surface area contributed by atoms with E-state index in [1.165, 1.54) is 19.3 Å². The van der Waals surface area contributed by atoms with Crippen molar-refractivity contribution in [3.05, 3.63) is 41.2 Å². The number of methoxy groups -OCH3 is 1. The Kier molecular flexibility index (Phi) is 5.65. The summed E-state index contributed by atoms with van der Waals surface area (Å²) in [5.74, 6) is 0.619. The van der Waals surface area contributed by atoms with E-state index in [1.807, 2.05) is 30.5 Å². The van der Waals surface area contributed by atoms with Crippen LogP contribution in [0.1, 0.15) is 25.0 Å². The highest BCUT2D eigenvalue weighted by molar-refractivity contribution is 6.30. The normalized spacial score (nSPS) is 19.7. The smallest absolute Gasteiger partial charge is 0.0971 e. The minimum Gasteiger partial charge on any atom is -0.384 e. The Morgan fingerprint density at radius 2 is 2.09 bits per heavy atom. The molecule has 1 aromatic heterocycles. The van der Waals surface area contributed by atoms with Crippen molar-refractivity contribution in [3.63, 3.8) is 0 Å². The second-order valence-corrected chi connectivity index (χ2v) is 6.62. The highest BCUT2D eigenvalue weighted by Gasteiger charge is 2.19. The summed E-state index contributed by atoms with van der Waals surface area (Å²) < 4.78 is 7.14. The highest BCUT2D eigenvalue weighted by atomic mass is 35.5. The maximum absolute atomic E-state index is 5.93.